The molecule has 0 aromatic heterocycles. The standard InChI is InChI=1S/C14H20N2O2/c1-10-12(7-8-18-10)16-13-6-4-3-5-11(13)9-14(17)15-2/h3-6,10,12,16H,7-9H2,1-2H3,(H,15,17). The van der Waals surface area contributed by atoms with Crippen LogP contribution in [-0.4, -0.2) is 31.7 Å². The van der Waals surface area contributed by atoms with Crippen LogP contribution in [0.1, 0.15) is 18.9 Å². The maximum absolute atomic E-state index is 11.5. The number of hydrogen-bond acceptors (Lipinski definition) is 3. The van der Waals surface area contributed by atoms with Crippen LogP contribution in [0.25, 0.3) is 0 Å². The molecular weight excluding hydrogens is 228 g/mol. The molecule has 2 N–H and O–H groups in total. The summed E-state index contributed by atoms with van der Waals surface area (Å²) in [6.07, 6.45) is 1.63. The lowest BCUT2D eigenvalue weighted by Gasteiger charge is -2.19. The number of amides is 1. The molecule has 2 atom stereocenters. The van der Waals surface area contributed by atoms with Gasteiger partial charge in [0, 0.05) is 19.3 Å². The maximum Gasteiger partial charge on any atom is 0.224 e. The van der Waals surface area contributed by atoms with E-state index < -0.39 is 0 Å². The molecule has 0 spiro atoms. The van der Waals surface area contributed by atoms with Gasteiger partial charge < -0.3 is 15.4 Å². The molecule has 0 aliphatic carbocycles. The summed E-state index contributed by atoms with van der Waals surface area (Å²) < 4.78 is 5.54. The van der Waals surface area contributed by atoms with Crippen molar-refractivity contribution in [1.82, 2.24) is 5.32 Å². The van der Waals surface area contributed by atoms with Crippen LogP contribution >= 0.6 is 0 Å². The second-order valence-electron chi connectivity index (χ2n) is 4.62. The van der Waals surface area contributed by atoms with E-state index in [0.29, 0.717) is 12.5 Å². The Kier molecular flexibility index (Phi) is 4.20. The molecule has 1 aliphatic rings. The van der Waals surface area contributed by atoms with Gasteiger partial charge in [-0.1, -0.05) is 18.2 Å². The van der Waals surface area contributed by atoms with Gasteiger partial charge in [-0.2, -0.15) is 0 Å². The molecule has 18 heavy (non-hydrogen) atoms. The fourth-order valence-corrected chi connectivity index (χ4v) is 2.20. The average Bonchev–Trinajstić information content (AvgIpc) is 2.77. The van der Waals surface area contributed by atoms with E-state index in [9.17, 15) is 4.79 Å². The monoisotopic (exact) mass is 248 g/mol. The summed E-state index contributed by atoms with van der Waals surface area (Å²) in [6.45, 7) is 2.88. The van der Waals surface area contributed by atoms with Gasteiger partial charge in [0.2, 0.25) is 5.91 Å². The molecule has 4 heteroatoms. The molecule has 0 radical (unpaired) electrons. The largest absolute Gasteiger partial charge is 0.379 e. The molecule has 1 saturated heterocycles. The normalized spacial score (nSPS) is 22.8. The maximum atomic E-state index is 11.5. The Morgan fingerprint density at radius 1 is 1.44 bits per heavy atom. The smallest absolute Gasteiger partial charge is 0.224 e. The highest BCUT2D eigenvalue weighted by Crippen LogP contribution is 2.22. The minimum absolute atomic E-state index is 0.0278. The fraction of sp³-hybridized carbons (Fsp3) is 0.500. The van der Waals surface area contributed by atoms with Crippen LogP contribution in [0.3, 0.4) is 0 Å². The van der Waals surface area contributed by atoms with Crippen LogP contribution in [0.2, 0.25) is 0 Å². The number of para-hydroxylation sites is 1. The van der Waals surface area contributed by atoms with Crippen molar-refractivity contribution in [1.29, 1.82) is 0 Å². The molecule has 0 bridgehead atoms. The molecule has 1 aromatic rings. The summed E-state index contributed by atoms with van der Waals surface area (Å²) in [6, 6.07) is 8.27. The van der Waals surface area contributed by atoms with Crippen molar-refractivity contribution >= 4 is 11.6 Å². The number of anilines is 1. The van der Waals surface area contributed by atoms with Crippen molar-refractivity contribution in [3.63, 3.8) is 0 Å². The Morgan fingerprint density at radius 2 is 2.22 bits per heavy atom. The van der Waals surface area contributed by atoms with Gasteiger partial charge >= 0.3 is 0 Å². The first kappa shape index (κ1) is 12.9. The number of ether oxygens (including phenoxy) is 1. The van der Waals surface area contributed by atoms with Crippen LogP contribution in [0, 0.1) is 0 Å². The zero-order valence-corrected chi connectivity index (χ0v) is 10.9. The third-order valence-electron chi connectivity index (χ3n) is 3.36. The fourth-order valence-electron chi connectivity index (χ4n) is 2.20. The Labute approximate surface area is 108 Å². The van der Waals surface area contributed by atoms with Gasteiger partial charge in [-0.25, -0.2) is 0 Å². The van der Waals surface area contributed by atoms with Crippen molar-refractivity contribution in [3.05, 3.63) is 29.8 Å². The third kappa shape index (κ3) is 3.01. The zero-order valence-electron chi connectivity index (χ0n) is 10.9. The van der Waals surface area contributed by atoms with Gasteiger partial charge in [0.15, 0.2) is 0 Å². The van der Waals surface area contributed by atoms with Crippen LogP contribution in [0.5, 0.6) is 0 Å². The lowest BCUT2D eigenvalue weighted by Crippen LogP contribution is -2.28. The number of carbonyl (C=O) groups excluding carboxylic acids is 1. The van der Waals surface area contributed by atoms with E-state index in [4.69, 9.17) is 4.74 Å². The van der Waals surface area contributed by atoms with Crippen molar-refractivity contribution in [2.24, 2.45) is 0 Å². The van der Waals surface area contributed by atoms with E-state index in [1.165, 1.54) is 0 Å². The zero-order chi connectivity index (χ0) is 13.0. The average molecular weight is 248 g/mol. The summed E-state index contributed by atoms with van der Waals surface area (Å²) in [7, 11) is 1.66. The van der Waals surface area contributed by atoms with E-state index in [1.54, 1.807) is 7.05 Å². The van der Waals surface area contributed by atoms with Gasteiger partial charge in [0.05, 0.1) is 18.6 Å². The molecule has 2 unspecified atom stereocenters. The number of nitrogens with one attached hydrogen (secondary N) is 2. The van der Waals surface area contributed by atoms with E-state index in [2.05, 4.69) is 17.6 Å². The van der Waals surface area contributed by atoms with E-state index in [0.717, 1.165) is 24.3 Å². The second kappa shape index (κ2) is 5.87. The van der Waals surface area contributed by atoms with Gasteiger partial charge in [0.25, 0.3) is 0 Å². The highest BCUT2D eigenvalue weighted by atomic mass is 16.5. The number of rotatable bonds is 4. The number of benzene rings is 1. The predicted octanol–water partition coefficient (Wildman–Crippen LogP) is 1.56. The molecule has 1 amide bonds. The van der Waals surface area contributed by atoms with Gasteiger partial charge in [-0.3, -0.25) is 4.79 Å². The second-order valence-corrected chi connectivity index (χ2v) is 4.62. The van der Waals surface area contributed by atoms with E-state index in [-0.39, 0.29) is 12.0 Å². The van der Waals surface area contributed by atoms with E-state index >= 15 is 0 Å². The molecule has 98 valence electrons. The lowest BCUT2D eigenvalue weighted by molar-refractivity contribution is -0.119. The molecule has 0 saturated carbocycles. The third-order valence-corrected chi connectivity index (χ3v) is 3.36. The van der Waals surface area contributed by atoms with Crippen LogP contribution in [0.4, 0.5) is 5.69 Å². The molecular formula is C14H20N2O2. The molecule has 1 fully saturated rings. The van der Waals surface area contributed by atoms with Crippen LogP contribution in [-0.2, 0) is 16.0 Å². The Hall–Kier alpha value is -1.55. The first-order valence-corrected chi connectivity index (χ1v) is 6.37. The number of likely N-dealkylation sites (N-methyl/N-ethyl adjacent to an activating group) is 1. The summed E-state index contributed by atoms with van der Waals surface area (Å²) in [4.78, 5) is 11.5. The molecule has 1 heterocycles. The summed E-state index contributed by atoms with van der Waals surface area (Å²) in [5, 5.41) is 6.14. The first-order chi connectivity index (χ1) is 8.70. The summed E-state index contributed by atoms with van der Waals surface area (Å²) in [5.41, 5.74) is 2.06. The lowest BCUT2D eigenvalue weighted by atomic mass is 10.1. The topological polar surface area (TPSA) is 50.4 Å². The predicted molar refractivity (Wildman–Crippen MR) is 71.7 cm³/mol. The minimum Gasteiger partial charge on any atom is -0.379 e. The van der Waals surface area contributed by atoms with Gasteiger partial charge in [0.1, 0.15) is 0 Å². The van der Waals surface area contributed by atoms with Crippen LogP contribution < -0.4 is 10.6 Å². The Balaban J connectivity index is 2.09. The highest BCUT2D eigenvalue weighted by Gasteiger charge is 2.24. The van der Waals surface area contributed by atoms with Crippen molar-refractivity contribution in [2.75, 3.05) is 19.0 Å². The molecule has 4 nitrogen and oxygen atoms in total. The van der Waals surface area contributed by atoms with Crippen LogP contribution in [0.15, 0.2) is 24.3 Å². The SMILES string of the molecule is CNC(=O)Cc1ccccc1NC1CCOC1C. The Bertz CT molecular complexity index is 420. The number of carbonyl (C=O) groups is 1. The first-order valence-electron chi connectivity index (χ1n) is 6.37. The summed E-state index contributed by atoms with van der Waals surface area (Å²) >= 11 is 0. The minimum atomic E-state index is 0.0278. The molecule has 2 rings (SSSR count). The van der Waals surface area contributed by atoms with E-state index in [1.807, 2.05) is 24.3 Å². The molecule has 1 aromatic carbocycles. The van der Waals surface area contributed by atoms with Gasteiger partial charge in [-0.05, 0) is 25.0 Å². The molecule has 1 aliphatic heterocycles. The number of hydrogen-bond donors (Lipinski definition) is 2. The Morgan fingerprint density at radius 3 is 2.89 bits per heavy atom. The van der Waals surface area contributed by atoms with Gasteiger partial charge in [-0.15, -0.1) is 0 Å². The quantitative estimate of drug-likeness (QED) is 0.850. The van der Waals surface area contributed by atoms with Crippen molar-refractivity contribution in [3.8, 4) is 0 Å². The van der Waals surface area contributed by atoms with Crippen molar-refractivity contribution < 1.29 is 9.53 Å². The highest BCUT2D eigenvalue weighted by molar-refractivity contribution is 5.80. The summed E-state index contributed by atoms with van der Waals surface area (Å²) in [5.74, 6) is 0.0278. The van der Waals surface area contributed by atoms with Crippen molar-refractivity contribution in [2.45, 2.75) is 31.9 Å².